The number of nitrogens with one attached hydrogen (secondary N) is 2. The third-order valence-corrected chi connectivity index (χ3v) is 3.90. The van der Waals surface area contributed by atoms with Gasteiger partial charge in [-0.2, -0.15) is 0 Å². The number of carbonyl (C=O) groups excluding carboxylic acids is 1. The van der Waals surface area contributed by atoms with Crippen LogP contribution in [0, 0.1) is 0 Å². The Kier molecular flexibility index (Phi) is 3.25. The largest absolute Gasteiger partial charge is 0.360 e. The van der Waals surface area contributed by atoms with Crippen molar-refractivity contribution in [3.8, 4) is 0 Å². The topological polar surface area (TPSA) is 48.1 Å². The molecule has 1 aromatic carbocycles. The zero-order valence-electron chi connectivity index (χ0n) is 11.1. The van der Waals surface area contributed by atoms with Gasteiger partial charge in [0.25, 0.3) is 5.91 Å². The molecular weight excluding hydrogens is 238 g/mol. The van der Waals surface area contributed by atoms with Gasteiger partial charge in [-0.25, -0.2) is 0 Å². The highest BCUT2D eigenvalue weighted by Gasteiger charge is 2.27. The van der Waals surface area contributed by atoms with Crippen molar-refractivity contribution >= 4 is 16.8 Å². The average Bonchev–Trinajstić information content (AvgIpc) is 3.08. The number of H-pyrrole nitrogens is 1. The van der Waals surface area contributed by atoms with Gasteiger partial charge in [-0.05, 0) is 26.0 Å². The standard InChI is InChI=1S/C15H19N3O/c1-2-18(11-7-8-16-9-11)15(19)13-10-17-14-6-4-3-5-12(13)14/h3-6,10-11,16-17H,2,7-9H2,1H3. The van der Waals surface area contributed by atoms with Crippen LogP contribution < -0.4 is 5.32 Å². The van der Waals surface area contributed by atoms with E-state index >= 15 is 0 Å². The lowest BCUT2D eigenvalue weighted by Crippen LogP contribution is -2.41. The van der Waals surface area contributed by atoms with E-state index in [1.165, 1.54) is 0 Å². The Balaban J connectivity index is 1.93. The van der Waals surface area contributed by atoms with Crippen molar-refractivity contribution < 1.29 is 4.79 Å². The summed E-state index contributed by atoms with van der Waals surface area (Å²) in [6, 6.07) is 8.27. The van der Waals surface area contributed by atoms with Crippen LogP contribution >= 0.6 is 0 Å². The number of aromatic nitrogens is 1. The third-order valence-electron chi connectivity index (χ3n) is 3.90. The Labute approximate surface area is 112 Å². The molecule has 4 heteroatoms. The molecule has 3 rings (SSSR count). The first-order chi connectivity index (χ1) is 9.31. The first-order valence-electron chi connectivity index (χ1n) is 6.89. The lowest BCUT2D eigenvalue weighted by molar-refractivity contribution is 0.0706. The van der Waals surface area contributed by atoms with Crippen molar-refractivity contribution in [1.82, 2.24) is 15.2 Å². The first kappa shape index (κ1) is 12.2. The van der Waals surface area contributed by atoms with Gasteiger partial charge in [-0.3, -0.25) is 4.79 Å². The van der Waals surface area contributed by atoms with Gasteiger partial charge >= 0.3 is 0 Å². The van der Waals surface area contributed by atoms with Crippen LogP contribution in [0.15, 0.2) is 30.5 Å². The number of hydrogen-bond acceptors (Lipinski definition) is 2. The van der Waals surface area contributed by atoms with Crippen molar-refractivity contribution in [3.63, 3.8) is 0 Å². The molecule has 4 nitrogen and oxygen atoms in total. The summed E-state index contributed by atoms with van der Waals surface area (Å²) in [4.78, 5) is 17.9. The van der Waals surface area contributed by atoms with Crippen molar-refractivity contribution in [1.29, 1.82) is 0 Å². The zero-order valence-corrected chi connectivity index (χ0v) is 11.1. The van der Waals surface area contributed by atoms with Crippen LogP contribution in [0.5, 0.6) is 0 Å². The molecule has 1 aliphatic heterocycles. The highest BCUT2D eigenvalue weighted by atomic mass is 16.2. The predicted octanol–water partition coefficient (Wildman–Crippen LogP) is 1.99. The summed E-state index contributed by atoms with van der Waals surface area (Å²) in [5.41, 5.74) is 1.80. The number of benzene rings is 1. The second-order valence-corrected chi connectivity index (χ2v) is 4.99. The van der Waals surface area contributed by atoms with Crippen LogP contribution in [0.4, 0.5) is 0 Å². The third kappa shape index (κ3) is 2.12. The normalized spacial score (nSPS) is 18.9. The van der Waals surface area contributed by atoms with Gasteiger partial charge in [0, 0.05) is 36.2 Å². The number of rotatable bonds is 3. The molecule has 1 atom stereocenters. The summed E-state index contributed by atoms with van der Waals surface area (Å²) < 4.78 is 0. The maximum atomic E-state index is 12.7. The highest BCUT2D eigenvalue weighted by Crippen LogP contribution is 2.21. The molecule has 19 heavy (non-hydrogen) atoms. The summed E-state index contributed by atoms with van der Waals surface area (Å²) in [7, 11) is 0. The number of likely N-dealkylation sites (N-methyl/N-ethyl adjacent to an activating group) is 1. The molecule has 0 saturated carbocycles. The van der Waals surface area contributed by atoms with Gasteiger partial charge in [0.1, 0.15) is 0 Å². The number of fused-ring (bicyclic) bond motifs is 1. The van der Waals surface area contributed by atoms with E-state index in [2.05, 4.69) is 10.3 Å². The minimum Gasteiger partial charge on any atom is -0.360 e. The van der Waals surface area contributed by atoms with Gasteiger partial charge in [-0.15, -0.1) is 0 Å². The van der Waals surface area contributed by atoms with E-state index in [-0.39, 0.29) is 5.91 Å². The van der Waals surface area contributed by atoms with Crippen LogP contribution in [0.1, 0.15) is 23.7 Å². The molecule has 100 valence electrons. The Morgan fingerprint density at radius 2 is 2.26 bits per heavy atom. The number of nitrogens with zero attached hydrogens (tertiary/aromatic N) is 1. The predicted molar refractivity (Wildman–Crippen MR) is 76.3 cm³/mol. The number of para-hydroxylation sites is 1. The fourth-order valence-electron chi connectivity index (χ4n) is 2.88. The van der Waals surface area contributed by atoms with Gasteiger partial charge in [0.2, 0.25) is 0 Å². The van der Waals surface area contributed by atoms with Crippen molar-refractivity contribution in [2.45, 2.75) is 19.4 Å². The minimum atomic E-state index is 0.133. The summed E-state index contributed by atoms with van der Waals surface area (Å²) in [5.74, 6) is 0.133. The fraction of sp³-hybridized carbons (Fsp3) is 0.400. The van der Waals surface area contributed by atoms with E-state index in [0.29, 0.717) is 6.04 Å². The van der Waals surface area contributed by atoms with Crippen LogP contribution in [0.25, 0.3) is 10.9 Å². The van der Waals surface area contributed by atoms with Gasteiger partial charge in [0.15, 0.2) is 0 Å². The quantitative estimate of drug-likeness (QED) is 0.883. The van der Waals surface area contributed by atoms with Crippen LogP contribution in [0.3, 0.4) is 0 Å². The van der Waals surface area contributed by atoms with E-state index in [4.69, 9.17) is 0 Å². The number of hydrogen-bond donors (Lipinski definition) is 2. The maximum absolute atomic E-state index is 12.7. The highest BCUT2D eigenvalue weighted by molar-refractivity contribution is 6.06. The van der Waals surface area contributed by atoms with Gasteiger partial charge < -0.3 is 15.2 Å². The molecule has 2 N–H and O–H groups in total. The van der Waals surface area contributed by atoms with Crippen molar-refractivity contribution in [3.05, 3.63) is 36.0 Å². The average molecular weight is 257 g/mol. The molecule has 0 aliphatic carbocycles. The molecule has 2 aromatic rings. The van der Waals surface area contributed by atoms with Crippen LogP contribution in [-0.4, -0.2) is 41.5 Å². The Bertz CT molecular complexity index is 584. The molecule has 0 spiro atoms. The second kappa shape index (κ2) is 5.05. The van der Waals surface area contributed by atoms with E-state index in [0.717, 1.165) is 42.5 Å². The molecule has 1 unspecified atom stereocenters. The maximum Gasteiger partial charge on any atom is 0.256 e. The second-order valence-electron chi connectivity index (χ2n) is 4.99. The number of amides is 1. The Morgan fingerprint density at radius 1 is 1.42 bits per heavy atom. The van der Waals surface area contributed by atoms with E-state index in [9.17, 15) is 4.79 Å². The smallest absolute Gasteiger partial charge is 0.256 e. The van der Waals surface area contributed by atoms with E-state index in [1.54, 1.807) is 0 Å². The Morgan fingerprint density at radius 3 is 3.00 bits per heavy atom. The minimum absolute atomic E-state index is 0.133. The molecule has 0 radical (unpaired) electrons. The molecule has 1 amide bonds. The fourth-order valence-corrected chi connectivity index (χ4v) is 2.88. The summed E-state index contributed by atoms with van der Waals surface area (Å²) in [5, 5.41) is 4.33. The lowest BCUT2D eigenvalue weighted by Gasteiger charge is -2.27. The van der Waals surface area contributed by atoms with Gasteiger partial charge in [-0.1, -0.05) is 18.2 Å². The summed E-state index contributed by atoms with van der Waals surface area (Å²) in [6.45, 7) is 4.71. The first-order valence-corrected chi connectivity index (χ1v) is 6.89. The van der Waals surface area contributed by atoms with Gasteiger partial charge in [0.05, 0.1) is 5.56 Å². The monoisotopic (exact) mass is 257 g/mol. The summed E-state index contributed by atoms with van der Waals surface area (Å²) >= 11 is 0. The molecule has 1 aliphatic rings. The molecule has 1 fully saturated rings. The van der Waals surface area contributed by atoms with E-state index in [1.807, 2.05) is 42.3 Å². The van der Waals surface area contributed by atoms with Crippen LogP contribution in [-0.2, 0) is 0 Å². The molecule has 1 saturated heterocycles. The SMILES string of the molecule is CCN(C(=O)c1c[nH]c2ccccc12)C1CCNC1. The summed E-state index contributed by atoms with van der Waals surface area (Å²) in [6.07, 6.45) is 2.87. The van der Waals surface area contributed by atoms with E-state index < -0.39 is 0 Å². The van der Waals surface area contributed by atoms with Crippen LogP contribution in [0.2, 0.25) is 0 Å². The van der Waals surface area contributed by atoms with Crippen molar-refractivity contribution in [2.24, 2.45) is 0 Å². The lowest BCUT2D eigenvalue weighted by atomic mass is 10.1. The molecule has 1 aromatic heterocycles. The number of carbonyl (C=O) groups is 1. The van der Waals surface area contributed by atoms with Crippen molar-refractivity contribution in [2.75, 3.05) is 19.6 Å². The molecular formula is C15H19N3O. The molecule has 0 bridgehead atoms. The Hall–Kier alpha value is -1.81. The number of aromatic amines is 1. The molecule has 2 heterocycles. The zero-order chi connectivity index (χ0) is 13.2.